The van der Waals surface area contributed by atoms with Crippen LogP contribution in [0.3, 0.4) is 0 Å². The summed E-state index contributed by atoms with van der Waals surface area (Å²) in [6.07, 6.45) is 3.55. The van der Waals surface area contributed by atoms with Gasteiger partial charge in [-0.1, -0.05) is 60.7 Å². The highest BCUT2D eigenvalue weighted by molar-refractivity contribution is 6.33. The highest BCUT2D eigenvalue weighted by Gasteiger charge is 2.37. The smallest absolute Gasteiger partial charge is 0.200 e. The van der Waals surface area contributed by atoms with E-state index in [1.54, 1.807) is 24.6 Å². The SMILES string of the molecule is O=C1c2c(O)ccc(O)c2C(=O)c2c(NCCN=Cc3ccccc3)ccc(NCCN=Cc3ccccc3)c21. The highest BCUT2D eigenvalue weighted by Crippen LogP contribution is 2.42. The molecular weight excluding hydrogens is 504 g/mol. The molecule has 8 heteroatoms. The third kappa shape index (κ3) is 5.61. The number of nitrogens with one attached hydrogen (secondary N) is 2. The summed E-state index contributed by atoms with van der Waals surface area (Å²) >= 11 is 0. The Morgan fingerprint density at radius 3 is 1.35 bits per heavy atom. The number of anilines is 2. The van der Waals surface area contributed by atoms with Crippen molar-refractivity contribution >= 4 is 35.4 Å². The van der Waals surface area contributed by atoms with Crippen LogP contribution < -0.4 is 10.6 Å². The molecule has 0 radical (unpaired) electrons. The zero-order valence-electron chi connectivity index (χ0n) is 21.7. The van der Waals surface area contributed by atoms with Crippen molar-refractivity contribution in [1.82, 2.24) is 0 Å². The van der Waals surface area contributed by atoms with Crippen molar-refractivity contribution in [3.05, 3.63) is 118 Å². The average Bonchev–Trinajstić information content (AvgIpc) is 2.98. The second-order valence-electron chi connectivity index (χ2n) is 9.17. The molecule has 0 atom stereocenters. The van der Waals surface area contributed by atoms with E-state index in [1.165, 1.54) is 12.1 Å². The number of carbonyl (C=O) groups is 2. The number of aromatic hydroxyl groups is 2. The predicted molar refractivity (Wildman–Crippen MR) is 158 cm³/mol. The van der Waals surface area contributed by atoms with Gasteiger partial charge in [0, 0.05) is 36.9 Å². The van der Waals surface area contributed by atoms with Gasteiger partial charge in [-0.25, -0.2) is 0 Å². The number of phenols is 2. The molecule has 0 fully saturated rings. The Morgan fingerprint density at radius 2 is 0.950 bits per heavy atom. The first-order chi connectivity index (χ1) is 19.5. The van der Waals surface area contributed by atoms with Crippen LogP contribution in [0.5, 0.6) is 11.5 Å². The quantitative estimate of drug-likeness (QED) is 0.115. The third-order valence-electron chi connectivity index (χ3n) is 6.47. The lowest BCUT2D eigenvalue weighted by molar-refractivity contribution is 0.0975. The summed E-state index contributed by atoms with van der Waals surface area (Å²) in [5.74, 6) is -1.80. The molecular formula is C32H28N4O4. The van der Waals surface area contributed by atoms with Crippen molar-refractivity contribution in [3.8, 4) is 11.5 Å². The highest BCUT2D eigenvalue weighted by atomic mass is 16.3. The minimum Gasteiger partial charge on any atom is -0.507 e. The minimum atomic E-state index is -0.543. The molecule has 0 spiro atoms. The first-order valence-corrected chi connectivity index (χ1v) is 12.9. The third-order valence-corrected chi connectivity index (χ3v) is 6.47. The Morgan fingerprint density at radius 1 is 0.550 bits per heavy atom. The van der Waals surface area contributed by atoms with E-state index in [-0.39, 0.29) is 33.8 Å². The lowest BCUT2D eigenvalue weighted by Crippen LogP contribution is -2.25. The maximum absolute atomic E-state index is 13.7. The van der Waals surface area contributed by atoms with E-state index in [9.17, 15) is 19.8 Å². The van der Waals surface area contributed by atoms with Crippen molar-refractivity contribution in [2.45, 2.75) is 0 Å². The van der Waals surface area contributed by atoms with Gasteiger partial charge < -0.3 is 20.8 Å². The summed E-state index contributed by atoms with van der Waals surface area (Å²) in [5, 5.41) is 27.3. The Labute approximate surface area is 231 Å². The molecule has 0 heterocycles. The number of phenolic OH excluding ortho intramolecular Hbond substituents is 2. The van der Waals surface area contributed by atoms with Gasteiger partial charge in [0.1, 0.15) is 11.5 Å². The molecule has 4 aromatic carbocycles. The fourth-order valence-corrected chi connectivity index (χ4v) is 4.59. The van der Waals surface area contributed by atoms with Gasteiger partial charge in [0.05, 0.1) is 35.3 Å². The topological polar surface area (TPSA) is 123 Å². The van der Waals surface area contributed by atoms with E-state index in [1.807, 2.05) is 60.7 Å². The number of carbonyl (C=O) groups excluding carboxylic acids is 2. The molecule has 1 aliphatic rings. The lowest BCUT2D eigenvalue weighted by Gasteiger charge is -2.24. The molecule has 40 heavy (non-hydrogen) atoms. The number of fused-ring (bicyclic) bond motifs is 2. The summed E-state index contributed by atoms with van der Waals surface area (Å²) in [7, 11) is 0. The Bertz CT molecular complexity index is 1480. The van der Waals surface area contributed by atoms with E-state index in [0.717, 1.165) is 11.1 Å². The molecule has 0 amide bonds. The van der Waals surface area contributed by atoms with E-state index < -0.39 is 11.6 Å². The van der Waals surface area contributed by atoms with Crippen LogP contribution in [0.4, 0.5) is 11.4 Å². The summed E-state index contributed by atoms with van der Waals surface area (Å²) < 4.78 is 0. The average molecular weight is 533 g/mol. The van der Waals surface area contributed by atoms with Crippen LogP contribution in [0.25, 0.3) is 0 Å². The number of hydrogen-bond donors (Lipinski definition) is 4. The summed E-state index contributed by atoms with van der Waals surface area (Å²) in [4.78, 5) is 36.2. The van der Waals surface area contributed by atoms with Crippen LogP contribution in [-0.2, 0) is 0 Å². The molecule has 0 aromatic heterocycles. The molecule has 0 aliphatic heterocycles. The first kappa shape index (κ1) is 26.4. The van der Waals surface area contributed by atoms with E-state index in [2.05, 4.69) is 20.6 Å². The normalized spacial score (nSPS) is 12.5. The predicted octanol–water partition coefficient (Wildman–Crippen LogP) is 4.94. The first-order valence-electron chi connectivity index (χ1n) is 12.9. The van der Waals surface area contributed by atoms with E-state index in [0.29, 0.717) is 37.6 Å². The monoisotopic (exact) mass is 532 g/mol. The Hall–Kier alpha value is -5.24. The van der Waals surface area contributed by atoms with Crippen molar-refractivity contribution in [1.29, 1.82) is 0 Å². The number of benzene rings is 4. The lowest BCUT2D eigenvalue weighted by atomic mass is 9.81. The van der Waals surface area contributed by atoms with Gasteiger partial charge in [-0.3, -0.25) is 19.6 Å². The van der Waals surface area contributed by atoms with E-state index in [4.69, 9.17) is 0 Å². The van der Waals surface area contributed by atoms with Gasteiger partial charge in [0.25, 0.3) is 0 Å². The zero-order chi connectivity index (χ0) is 27.9. The fraction of sp³-hybridized carbons (Fsp3) is 0.125. The number of nitrogens with zero attached hydrogens (tertiary/aromatic N) is 2. The van der Waals surface area contributed by atoms with Crippen LogP contribution in [-0.4, -0.2) is 60.4 Å². The second kappa shape index (κ2) is 12.1. The Kier molecular flexibility index (Phi) is 7.97. The number of ketones is 2. The second-order valence-corrected chi connectivity index (χ2v) is 9.17. The largest absolute Gasteiger partial charge is 0.507 e. The molecule has 200 valence electrons. The summed E-state index contributed by atoms with van der Waals surface area (Å²) in [5.41, 5.74) is 2.74. The number of rotatable bonds is 10. The molecule has 0 saturated carbocycles. The van der Waals surface area contributed by atoms with Crippen LogP contribution in [0, 0.1) is 0 Å². The van der Waals surface area contributed by atoms with Crippen LogP contribution in [0.1, 0.15) is 43.0 Å². The van der Waals surface area contributed by atoms with Crippen LogP contribution >= 0.6 is 0 Å². The minimum absolute atomic E-state index is 0.142. The van der Waals surface area contributed by atoms with Gasteiger partial charge in [-0.05, 0) is 35.4 Å². The Balaban J connectivity index is 1.38. The van der Waals surface area contributed by atoms with Crippen molar-refractivity contribution < 1.29 is 19.8 Å². The van der Waals surface area contributed by atoms with Crippen LogP contribution in [0.15, 0.2) is 94.9 Å². The molecule has 0 bridgehead atoms. The molecule has 1 aliphatic carbocycles. The van der Waals surface area contributed by atoms with Gasteiger partial charge in [0.2, 0.25) is 11.6 Å². The molecule has 0 saturated heterocycles. The van der Waals surface area contributed by atoms with Gasteiger partial charge in [-0.2, -0.15) is 0 Å². The van der Waals surface area contributed by atoms with Gasteiger partial charge in [0.15, 0.2) is 0 Å². The van der Waals surface area contributed by atoms with Gasteiger partial charge in [-0.15, -0.1) is 0 Å². The van der Waals surface area contributed by atoms with Gasteiger partial charge >= 0.3 is 0 Å². The maximum atomic E-state index is 13.7. The molecule has 0 unspecified atom stereocenters. The number of hydrogen-bond acceptors (Lipinski definition) is 8. The van der Waals surface area contributed by atoms with Crippen molar-refractivity contribution in [3.63, 3.8) is 0 Å². The van der Waals surface area contributed by atoms with Crippen LogP contribution in [0.2, 0.25) is 0 Å². The van der Waals surface area contributed by atoms with E-state index >= 15 is 0 Å². The summed E-state index contributed by atoms with van der Waals surface area (Å²) in [6, 6.07) is 25.3. The van der Waals surface area contributed by atoms with Crippen molar-refractivity contribution in [2.24, 2.45) is 9.98 Å². The fourth-order valence-electron chi connectivity index (χ4n) is 4.59. The number of aliphatic imine (C=N–C) groups is 2. The van der Waals surface area contributed by atoms with Crippen molar-refractivity contribution in [2.75, 3.05) is 36.8 Å². The molecule has 4 N–H and O–H groups in total. The summed E-state index contributed by atoms with van der Waals surface area (Å²) in [6.45, 7) is 1.70. The molecule has 8 nitrogen and oxygen atoms in total. The molecule has 4 aromatic rings. The maximum Gasteiger partial charge on any atom is 0.200 e. The zero-order valence-corrected chi connectivity index (χ0v) is 21.7. The standard InChI is InChI=1S/C32H28N4O4/c37-25-13-14-26(38)30-29(25)31(39)27-23(35-17-15-33-19-21-7-3-1-4-8-21)11-12-24(28(27)32(30)40)36-18-16-34-20-22-9-5-2-6-10-22/h1-14,19-20,35-38H,15-18H2. The molecule has 5 rings (SSSR count).